The molecule has 2 heterocycles. The lowest BCUT2D eigenvalue weighted by Crippen LogP contribution is -2.37. The molecule has 1 N–H and O–H groups in total. The van der Waals surface area contributed by atoms with Crippen molar-refractivity contribution in [2.24, 2.45) is 0 Å². The predicted molar refractivity (Wildman–Crippen MR) is 118 cm³/mol. The second-order valence-corrected chi connectivity index (χ2v) is 8.34. The first-order valence-corrected chi connectivity index (χ1v) is 10.6. The number of likely N-dealkylation sites (tertiary alicyclic amines) is 1. The molecule has 29 heavy (non-hydrogen) atoms. The molecule has 1 saturated heterocycles. The van der Waals surface area contributed by atoms with Gasteiger partial charge in [0, 0.05) is 19.5 Å². The van der Waals surface area contributed by atoms with Crippen LogP contribution in [0.2, 0.25) is 0 Å². The molecular formula is C23H28N4OS. The lowest BCUT2D eigenvalue weighted by molar-refractivity contribution is 0.0650. The molecular weight excluding hydrogens is 380 g/mol. The van der Waals surface area contributed by atoms with Gasteiger partial charge in [0.1, 0.15) is 5.82 Å². The van der Waals surface area contributed by atoms with Crippen LogP contribution in [0, 0.1) is 18.6 Å². The minimum absolute atomic E-state index is 0.180. The van der Waals surface area contributed by atoms with Gasteiger partial charge in [-0.05, 0) is 56.1 Å². The van der Waals surface area contributed by atoms with Crippen LogP contribution in [0.1, 0.15) is 35.4 Å². The normalized spacial score (nSPS) is 15.7. The lowest BCUT2D eigenvalue weighted by atomic mass is 10.1. The first-order chi connectivity index (χ1) is 14.0. The number of hydrogen-bond donors (Lipinski definition) is 1. The molecule has 0 unspecified atom stereocenters. The number of piperidine rings is 1. The van der Waals surface area contributed by atoms with Crippen LogP contribution in [0.15, 0.2) is 48.5 Å². The van der Waals surface area contributed by atoms with Crippen LogP contribution < -0.4 is 0 Å². The Hall–Kier alpha value is -2.28. The summed E-state index contributed by atoms with van der Waals surface area (Å²) in [5.41, 5.74) is 4.73. The van der Waals surface area contributed by atoms with Crippen LogP contribution >= 0.6 is 12.2 Å². The quantitative estimate of drug-likeness (QED) is 0.648. The van der Waals surface area contributed by atoms with Crippen LogP contribution in [0.5, 0.6) is 0 Å². The molecule has 1 aromatic heterocycles. The number of aryl methyl sites for hydroxylation is 2. The maximum absolute atomic E-state index is 9.79. The molecule has 152 valence electrons. The molecule has 1 fully saturated rings. The van der Waals surface area contributed by atoms with Gasteiger partial charge in [0.25, 0.3) is 0 Å². The van der Waals surface area contributed by atoms with Crippen molar-refractivity contribution in [1.29, 1.82) is 0 Å². The Morgan fingerprint density at radius 3 is 2.48 bits per heavy atom. The van der Waals surface area contributed by atoms with E-state index in [1.165, 1.54) is 16.7 Å². The van der Waals surface area contributed by atoms with Gasteiger partial charge in [0.15, 0.2) is 0 Å². The van der Waals surface area contributed by atoms with Crippen molar-refractivity contribution in [1.82, 2.24) is 19.2 Å². The number of benzene rings is 2. The number of rotatable bonds is 5. The van der Waals surface area contributed by atoms with E-state index in [-0.39, 0.29) is 6.10 Å². The van der Waals surface area contributed by atoms with Gasteiger partial charge in [0.2, 0.25) is 4.77 Å². The maximum atomic E-state index is 9.79. The number of nitrogens with zero attached hydrogens (tertiary/aromatic N) is 4. The fraction of sp³-hybridized carbons (Fsp3) is 0.391. The summed E-state index contributed by atoms with van der Waals surface area (Å²) in [5.74, 6) is 0.949. The van der Waals surface area contributed by atoms with Gasteiger partial charge in [-0.1, -0.05) is 48.0 Å². The van der Waals surface area contributed by atoms with Crippen LogP contribution in [-0.2, 0) is 13.1 Å². The van der Waals surface area contributed by atoms with E-state index in [0.29, 0.717) is 11.4 Å². The maximum Gasteiger partial charge on any atom is 0.203 e. The summed E-state index contributed by atoms with van der Waals surface area (Å²) in [5, 5.41) is 14.7. The zero-order chi connectivity index (χ0) is 20.4. The van der Waals surface area contributed by atoms with Crippen molar-refractivity contribution in [3.8, 4) is 5.69 Å². The van der Waals surface area contributed by atoms with Gasteiger partial charge in [0.05, 0.1) is 18.5 Å². The number of aliphatic hydroxyl groups excluding tert-OH is 1. The van der Waals surface area contributed by atoms with Crippen molar-refractivity contribution in [3.63, 3.8) is 0 Å². The van der Waals surface area contributed by atoms with E-state index in [1.807, 2.05) is 10.7 Å². The van der Waals surface area contributed by atoms with Gasteiger partial charge in [-0.15, -0.1) is 0 Å². The Balaban J connectivity index is 1.72. The van der Waals surface area contributed by atoms with Crippen molar-refractivity contribution >= 4 is 12.2 Å². The monoisotopic (exact) mass is 408 g/mol. The molecule has 0 aliphatic carbocycles. The molecule has 0 amide bonds. The van der Waals surface area contributed by atoms with Crippen LogP contribution in [0.4, 0.5) is 0 Å². The summed E-state index contributed by atoms with van der Waals surface area (Å²) < 4.78 is 4.77. The lowest BCUT2D eigenvalue weighted by Gasteiger charge is -2.28. The third kappa shape index (κ3) is 4.50. The Bertz CT molecular complexity index is 1030. The van der Waals surface area contributed by atoms with Crippen LogP contribution in [0.25, 0.3) is 5.69 Å². The van der Waals surface area contributed by atoms with Gasteiger partial charge >= 0.3 is 0 Å². The van der Waals surface area contributed by atoms with E-state index in [2.05, 4.69) is 65.8 Å². The number of aliphatic hydroxyl groups is 1. The van der Waals surface area contributed by atoms with E-state index >= 15 is 0 Å². The highest BCUT2D eigenvalue weighted by Crippen LogP contribution is 2.21. The second kappa shape index (κ2) is 8.61. The SMILES string of the molecule is Cc1ccc(-n2c(Cc3ccccc3)nn(CN3CCC(O)CC3)c2=S)c(C)c1. The zero-order valence-corrected chi connectivity index (χ0v) is 17.9. The highest BCUT2D eigenvalue weighted by Gasteiger charge is 2.20. The van der Waals surface area contributed by atoms with Crippen molar-refractivity contribution in [2.75, 3.05) is 13.1 Å². The largest absolute Gasteiger partial charge is 0.393 e. The van der Waals surface area contributed by atoms with Gasteiger partial charge in [-0.2, -0.15) is 5.10 Å². The first kappa shape index (κ1) is 20.0. The molecule has 1 aliphatic heterocycles. The van der Waals surface area contributed by atoms with E-state index < -0.39 is 0 Å². The zero-order valence-electron chi connectivity index (χ0n) is 17.1. The van der Waals surface area contributed by atoms with E-state index in [0.717, 1.165) is 43.9 Å². The molecule has 0 spiro atoms. The Morgan fingerprint density at radius 2 is 1.79 bits per heavy atom. The third-order valence-corrected chi connectivity index (χ3v) is 5.99. The molecule has 0 bridgehead atoms. The standard InChI is InChI=1S/C23H28N4OS/c1-17-8-9-21(18(2)14-17)27-22(15-19-6-4-3-5-7-19)24-26(23(27)29)16-25-12-10-20(28)11-13-25/h3-9,14,20,28H,10-13,15-16H2,1-2H3. The van der Waals surface area contributed by atoms with E-state index in [1.54, 1.807) is 0 Å². The summed E-state index contributed by atoms with van der Waals surface area (Å²) in [6.07, 6.45) is 2.16. The summed E-state index contributed by atoms with van der Waals surface area (Å²) in [6.45, 7) is 6.63. The average molecular weight is 409 g/mol. The summed E-state index contributed by atoms with van der Waals surface area (Å²) in [7, 11) is 0. The minimum atomic E-state index is -0.180. The minimum Gasteiger partial charge on any atom is -0.393 e. The second-order valence-electron chi connectivity index (χ2n) is 7.98. The summed E-state index contributed by atoms with van der Waals surface area (Å²) in [6, 6.07) is 16.8. The van der Waals surface area contributed by atoms with Crippen molar-refractivity contribution < 1.29 is 5.11 Å². The van der Waals surface area contributed by atoms with E-state index in [4.69, 9.17) is 17.3 Å². The van der Waals surface area contributed by atoms with Crippen LogP contribution in [-0.4, -0.2) is 43.5 Å². The molecule has 5 nitrogen and oxygen atoms in total. The molecule has 0 radical (unpaired) electrons. The Morgan fingerprint density at radius 1 is 1.07 bits per heavy atom. The van der Waals surface area contributed by atoms with Gasteiger partial charge in [-0.25, -0.2) is 4.68 Å². The molecule has 0 saturated carbocycles. The van der Waals surface area contributed by atoms with Gasteiger partial charge in [-0.3, -0.25) is 9.47 Å². The van der Waals surface area contributed by atoms with Crippen LogP contribution in [0.3, 0.4) is 0 Å². The van der Waals surface area contributed by atoms with Crippen molar-refractivity contribution in [3.05, 3.63) is 75.8 Å². The average Bonchev–Trinajstić information content (AvgIpc) is 2.99. The summed E-state index contributed by atoms with van der Waals surface area (Å²) >= 11 is 5.88. The first-order valence-electron chi connectivity index (χ1n) is 10.2. The molecule has 2 aromatic carbocycles. The molecule has 4 rings (SSSR count). The van der Waals surface area contributed by atoms with Crippen molar-refractivity contribution in [2.45, 2.75) is 45.9 Å². The third-order valence-electron chi connectivity index (χ3n) is 5.60. The smallest absolute Gasteiger partial charge is 0.203 e. The Kier molecular flexibility index (Phi) is 5.94. The van der Waals surface area contributed by atoms with Gasteiger partial charge < -0.3 is 5.11 Å². The molecule has 3 aromatic rings. The molecule has 1 aliphatic rings. The fourth-order valence-electron chi connectivity index (χ4n) is 3.99. The fourth-order valence-corrected chi connectivity index (χ4v) is 4.29. The summed E-state index contributed by atoms with van der Waals surface area (Å²) in [4.78, 5) is 2.31. The highest BCUT2D eigenvalue weighted by atomic mass is 32.1. The molecule has 6 heteroatoms. The highest BCUT2D eigenvalue weighted by molar-refractivity contribution is 7.71. The predicted octanol–water partition coefficient (Wildman–Crippen LogP) is 4.03. The number of aromatic nitrogens is 3. The topological polar surface area (TPSA) is 46.2 Å². The Labute approximate surface area is 177 Å². The molecule has 0 atom stereocenters. The number of hydrogen-bond acceptors (Lipinski definition) is 4. The van der Waals surface area contributed by atoms with E-state index in [9.17, 15) is 5.11 Å².